The van der Waals surface area contributed by atoms with Gasteiger partial charge in [-0.3, -0.25) is 4.90 Å². The summed E-state index contributed by atoms with van der Waals surface area (Å²) in [6.07, 6.45) is -4.26. The van der Waals surface area contributed by atoms with Crippen LogP contribution in [0.25, 0.3) is 0 Å². The summed E-state index contributed by atoms with van der Waals surface area (Å²) < 4.78 is 37.7. The summed E-state index contributed by atoms with van der Waals surface area (Å²) in [4.78, 5) is 4.63. The van der Waals surface area contributed by atoms with Crippen LogP contribution in [0.4, 0.5) is 13.2 Å². The highest BCUT2D eigenvalue weighted by Crippen LogP contribution is 2.31. The molecule has 0 N–H and O–H groups in total. The van der Waals surface area contributed by atoms with Gasteiger partial charge in [-0.15, -0.1) is 0 Å². The Morgan fingerprint density at radius 3 is 2.25 bits per heavy atom. The van der Waals surface area contributed by atoms with Crippen LogP contribution in [0.15, 0.2) is 24.3 Å². The second-order valence-electron chi connectivity index (χ2n) is 5.64. The number of benzene rings is 1. The molecule has 0 radical (unpaired) electrons. The number of piperazine rings is 1. The average molecular weight is 286 g/mol. The average Bonchev–Trinajstić information content (AvgIpc) is 2.37. The highest BCUT2D eigenvalue weighted by Gasteiger charge is 2.31. The molecule has 0 bridgehead atoms. The van der Waals surface area contributed by atoms with Gasteiger partial charge in [-0.2, -0.15) is 13.2 Å². The first-order valence-corrected chi connectivity index (χ1v) is 6.90. The Bertz CT molecular complexity index is 441. The molecule has 0 aromatic heterocycles. The molecule has 2 atom stereocenters. The van der Waals surface area contributed by atoms with E-state index in [0.717, 1.165) is 25.2 Å². The Kier molecular flexibility index (Phi) is 4.39. The Morgan fingerprint density at radius 2 is 1.75 bits per heavy atom. The Balaban J connectivity index is 2.11. The molecule has 2 unspecified atom stereocenters. The van der Waals surface area contributed by atoms with E-state index in [1.165, 1.54) is 12.1 Å². The lowest BCUT2D eigenvalue weighted by molar-refractivity contribution is -0.137. The largest absolute Gasteiger partial charge is 0.416 e. The predicted molar refractivity (Wildman–Crippen MR) is 73.5 cm³/mol. The van der Waals surface area contributed by atoms with Crippen molar-refractivity contribution in [3.8, 4) is 0 Å². The SMILES string of the molecule is CC1CN(C)CCN1C(C)c1ccc(C(F)(F)F)cc1. The number of likely N-dealkylation sites (N-methyl/N-ethyl adjacent to an activating group) is 1. The zero-order chi connectivity index (χ0) is 14.9. The monoisotopic (exact) mass is 286 g/mol. The first-order valence-electron chi connectivity index (χ1n) is 6.90. The lowest BCUT2D eigenvalue weighted by Crippen LogP contribution is -2.51. The van der Waals surface area contributed by atoms with E-state index in [-0.39, 0.29) is 6.04 Å². The van der Waals surface area contributed by atoms with Crippen molar-refractivity contribution in [2.24, 2.45) is 0 Å². The van der Waals surface area contributed by atoms with E-state index < -0.39 is 11.7 Å². The van der Waals surface area contributed by atoms with E-state index in [4.69, 9.17) is 0 Å². The molecule has 1 aromatic carbocycles. The summed E-state index contributed by atoms with van der Waals surface area (Å²) in [5.41, 5.74) is 0.356. The van der Waals surface area contributed by atoms with Gasteiger partial charge in [0.1, 0.15) is 0 Å². The Labute approximate surface area is 118 Å². The predicted octanol–water partition coefficient (Wildman–Crippen LogP) is 3.40. The van der Waals surface area contributed by atoms with Crippen molar-refractivity contribution < 1.29 is 13.2 Å². The molecule has 5 heteroatoms. The van der Waals surface area contributed by atoms with E-state index in [2.05, 4.69) is 30.7 Å². The van der Waals surface area contributed by atoms with Crippen LogP contribution in [0.5, 0.6) is 0 Å². The molecule has 2 rings (SSSR count). The second kappa shape index (κ2) is 5.74. The molecule has 2 nitrogen and oxygen atoms in total. The van der Waals surface area contributed by atoms with Crippen molar-refractivity contribution in [3.63, 3.8) is 0 Å². The fourth-order valence-electron chi connectivity index (χ4n) is 2.87. The van der Waals surface area contributed by atoms with Crippen LogP contribution < -0.4 is 0 Å². The lowest BCUT2D eigenvalue weighted by Gasteiger charge is -2.42. The molecular weight excluding hydrogens is 265 g/mol. The molecule has 1 aromatic rings. The van der Waals surface area contributed by atoms with E-state index in [9.17, 15) is 13.2 Å². The third kappa shape index (κ3) is 3.33. The molecule has 1 aliphatic rings. The number of rotatable bonds is 2. The molecule has 0 saturated carbocycles. The molecule has 20 heavy (non-hydrogen) atoms. The summed E-state index contributed by atoms with van der Waals surface area (Å²) in [7, 11) is 2.09. The maximum Gasteiger partial charge on any atom is 0.416 e. The topological polar surface area (TPSA) is 6.48 Å². The Morgan fingerprint density at radius 1 is 1.15 bits per heavy atom. The van der Waals surface area contributed by atoms with Gasteiger partial charge >= 0.3 is 6.18 Å². The first-order chi connectivity index (χ1) is 9.29. The van der Waals surface area contributed by atoms with Crippen LogP contribution in [0.1, 0.15) is 31.0 Å². The number of alkyl halides is 3. The summed E-state index contributed by atoms with van der Waals surface area (Å²) in [6, 6.07) is 6.09. The van der Waals surface area contributed by atoms with Crippen LogP contribution in [-0.4, -0.2) is 42.5 Å². The first kappa shape index (κ1) is 15.3. The van der Waals surface area contributed by atoms with Gasteiger partial charge in [-0.25, -0.2) is 0 Å². The van der Waals surface area contributed by atoms with Crippen LogP contribution in [0.3, 0.4) is 0 Å². The minimum Gasteiger partial charge on any atom is -0.304 e. The van der Waals surface area contributed by atoms with Crippen molar-refractivity contribution in [2.45, 2.75) is 32.1 Å². The van der Waals surface area contributed by atoms with Crippen molar-refractivity contribution in [1.29, 1.82) is 0 Å². The maximum absolute atomic E-state index is 12.6. The van der Waals surface area contributed by atoms with Gasteiger partial charge in [0.15, 0.2) is 0 Å². The third-order valence-corrected chi connectivity index (χ3v) is 4.10. The van der Waals surface area contributed by atoms with E-state index in [1.807, 2.05) is 0 Å². The summed E-state index contributed by atoms with van der Waals surface area (Å²) >= 11 is 0. The minimum absolute atomic E-state index is 0.140. The maximum atomic E-state index is 12.6. The Hall–Kier alpha value is -1.07. The standard InChI is InChI=1S/C15H21F3N2/c1-11-10-19(3)8-9-20(11)12(2)13-4-6-14(7-5-13)15(16,17)18/h4-7,11-12H,8-10H2,1-3H3. The normalized spacial score (nSPS) is 23.8. The number of halogens is 3. The lowest BCUT2D eigenvalue weighted by atomic mass is 10.0. The highest BCUT2D eigenvalue weighted by molar-refractivity contribution is 5.26. The quantitative estimate of drug-likeness (QED) is 0.822. The fourth-order valence-corrected chi connectivity index (χ4v) is 2.87. The van der Waals surface area contributed by atoms with Gasteiger partial charge in [-0.05, 0) is 38.6 Å². The highest BCUT2D eigenvalue weighted by atomic mass is 19.4. The van der Waals surface area contributed by atoms with Gasteiger partial charge in [0.2, 0.25) is 0 Å². The van der Waals surface area contributed by atoms with Gasteiger partial charge in [-0.1, -0.05) is 12.1 Å². The molecule has 1 heterocycles. The fraction of sp³-hybridized carbons (Fsp3) is 0.600. The van der Waals surface area contributed by atoms with Crippen LogP contribution in [0, 0.1) is 0 Å². The molecule has 0 aliphatic carbocycles. The van der Waals surface area contributed by atoms with Crippen molar-refractivity contribution in [3.05, 3.63) is 35.4 Å². The van der Waals surface area contributed by atoms with E-state index >= 15 is 0 Å². The van der Waals surface area contributed by atoms with Gasteiger partial charge in [0.05, 0.1) is 5.56 Å². The van der Waals surface area contributed by atoms with Crippen molar-refractivity contribution in [1.82, 2.24) is 9.80 Å². The summed E-state index contributed by atoms with van der Waals surface area (Å²) in [5.74, 6) is 0. The van der Waals surface area contributed by atoms with Crippen LogP contribution >= 0.6 is 0 Å². The van der Waals surface area contributed by atoms with Gasteiger partial charge < -0.3 is 4.90 Å². The molecular formula is C15H21F3N2. The van der Waals surface area contributed by atoms with Gasteiger partial charge in [0.25, 0.3) is 0 Å². The van der Waals surface area contributed by atoms with Crippen molar-refractivity contribution in [2.75, 3.05) is 26.7 Å². The zero-order valence-electron chi connectivity index (χ0n) is 12.1. The minimum atomic E-state index is -4.26. The van der Waals surface area contributed by atoms with Crippen molar-refractivity contribution >= 4 is 0 Å². The molecule has 1 fully saturated rings. The molecule has 1 aliphatic heterocycles. The summed E-state index contributed by atoms with van der Waals surface area (Å²) in [6.45, 7) is 7.15. The molecule has 112 valence electrons. The zero-order valence-corrected chi connectivity index (χ0v) is 12.1. The second-order valence-corrected chi connectivity index (χ2v) is 5.64. The number of nitrogens with zero attached hydrogens (tertiary/aromatic N) is 2. The van der Waals surface area contributed by atoms with Crippen LogP contribution in [0.2, 0.25) is 0 Å². The third-order valence-electron chi connectivity index (χ3n) is 4.10. The summed E-state index contributed by atoms with van der Waals surface area (Å²) in [5, 5.41) is 0. The molecule has 0 amide bonds. The van der Waals surface area contributed by atoms with Gasteiger partial charge in [0, 0.05) is 31.7 Å². The molecule has 0 spiro atoms. The number of hydrogen-bond donors (Lipinski definition) is 0. The smallest absolute Gasteiger partial charge is 0.304 e. The van der Waals surface area contributed by atoms with E-state index in [0.29, 0.717) is 6.04 Å². The molecule has 1 saturated heterocycles. The van der Waals surface area contributed by atoms with E-state index in [1.54, 1.807) is 12.1 Å². The number of hydrogen-bond acceptors (Lipinski definition) is 2. The van der Waals surface area contributed by atoms with Crippen LogP contribution in [-0.2, 0) is 6.18 Å².